The standard InChI is InChI=1S/C18H23NS/c1-3-16-11-12-17(20-16)18(19-2)15-9-7-14(8-10-15)13-5-4-6-13/h7-13,18-19H,3-6H2,1-2H3. The number of rotatable bonds is 5. The quantitative estimate of drug-likeness (QED) is 0.825. The van der Waals surface area contributed by atoms with E-state index in [9.17, 15) is 0 Å². The topological polar surface area (TPSA) is 12.0 Å². The molecule has 0 amide bonds. The zero-order valence-electron chi connectivity index (χ0n) is 12.4. The smallest absolute Gasteiger partial charge is 0.0668 e. The third-order valence-corrected chi connectivity index (χ3v) is 5.74. The normalized spacial score (nSPS) is 16.9. The van der Waals surface area contributed by atoms with Crippen LogP contribution in [0.2, 0.25) is 0 Å². The lowest BCUT2D eigenvalue weighted by Crippen LogP contribution is -2.16. The second-order valence-electron chi connectivity index (χ2n) is 5.67. The Bertz CT molecular complexity index is 551. The molecule has 1 aromatic carbocycles. The van der Waals surface area contributed by atoms with Gasteiger partial charge in [-0.05, 0) is 55.5 Å². The van der Waals surface area contributed by atoms with Gasteiger partial charge in [0.25, 0.3) is 0 Å². The molecule has 0 saturated heterocycles. The second-order valence-corrected chi connectivity index (χ2v) is 6.87. The predicted molar refractivity (Wildman–Crippen MR) is 87.6 cm³/mol. The van der Waals surface area contributed by atoms with E-state index in [0.717, 1.165) is 12.3 Å². The molecular formula is C18H23NS. The molecule has 1 aliphatic carbocycles. The fourth-order valence-corrected chi connectivity index (χ4v) is 4.01. The second kappa shape index (κ2) is 6.11. The van der Waals surface area contributed by atoms with Gasteiger partial charge in [-0.25, -0.2) is 0 Å². The summed E-state index contributed by atoms with van der Waals surface area (Å²) in [6.45, 7) is 2.22. The molecule has 1 atom stereocenters. The van der Waals surface area contributed by atoms with E-state index >= 15 is 0 Å². The summed E-state index contributed by atoms with van der Waals surface area (Å²) >= 11 is 1.92. The molecule has 106 valence electrons. The van der Waals surface area contributed by atoms with Crippen molar-refractivity contribution in [2.24, 2.45) is 0 Å². The zero-order valence-corrected chi connectivity index (χ0v) is 13.2. The van der Waals surface area contributed by atoms with Crippen molar-refractivity contribution in [2.75, 3.05) is 7.05 Å². The highest BCUT2D eigenvalue weighted by atomic mass is 32.1. The summed E-state index contributed by atoms with van der Waals surface area (Å²) < 4.78 is 0. The largest absolute Gasteiger partial charge is 0.309 e. The van der Waals surface area contributed by atoms with Gasteiger partial charge in [-0.1, -0.05) is 37.6 Å². The lowest BCUT2D eigenvalue weighted by Gasteiger charge is -2.26. The molecule has 0 radical (unpaired) electrons. The monoisotopic (exact) mass is 285 g/mol. The summed E-state index contributed by atoms with van der Waals surface area (Å²) in [4.78, 5) is 2.88. The third kappa shape index (κ3) is 2.68. The molecule has 20 heavy (non-hydrogen) atoms. The molecule has 0 aliphatic heterocycles. The van der Waals surface area contributed by atoms with E-state index in [2.05, 4.69) is 55.7 Å². The van der Waals surface area contributed by atoms with Crippen LogP contribution in [0, 0.1) is 0 Å². The van der Waals surface area contributed by atoms with Gasteiger partial charge < -0.3 is 5.32 Å². The van der Waals surface area contributed by atoms with Crippen LogP contribution in [0.4, 0.5) is 0 Å². The van der Waals surface area contributed by atoms with Crippen LogP contribution in [0.3, 0.4) is 0 Å². The molecule has 1 heterocycles. The van der Waals surface area contributed by atoms with Gasteiger partial charge in [-0.2, -0.15) is 0 Å². The van der Waals surface area contributed by atoms with E-state index in [0.29, 0.717) is 6.04 Å². The minimum Gasteiger partial charge on any atom is -0.309 e. The highest BCUT2D eigenvalue weighted by molar-refractivity contribution is 7.12. The van der Waals surface area contributed by atoms with Gasteiger partial charge in [0.05, 0.1) is 6.04 Å². The lowest BCUT2D eigenvalue weighted by atomic mass is 9.80. The SMILES string of the molecule is CCc1ccc(C(NC)c2ccc(C3CCC3)cc2)s1. The Balaban J connectivity index is 1.81. The summed E-state index contributed by atoms with van der Waals surface area (Å²) in [5, 5.41) is 3.46. The van der Waals surface area contributed by atoms with E-state index in [-0.39, 0.29) is 0 Å². The van der Waals surface area contributed by atoms with Crippen molar-refractivity contribution in [2.45, 2.75) is 44.6 Å². The number of hydrogen-bond donors (Lipinski definition) is 1. The number of nitrogens with one attached hydrogen (secondary N) is 1. The number of hydrogen-bond acceptors (Lipinski definition) is 2. The molecule has 3 rings (SSSR count). The van der Waals surface area contributed by atoms with Crippen LogP contribution >= 0.6 is 11.3 Å². The first-order valence-electron chi connectivity index (χ1n) is 7.67. The molecule has 1 aliphatic rings. The van der Waals surface area contributed by atoms with Crippen molar-refractivity contribution in [1.82, 2.24) is 5.32 Å². The fraction of sp³-hybridized carbons (Fsp3) is 0.444. The van der Waals surface area contributed by atoms with Crippen LogP contribution in [0.15, 0.2) is 36.4 Å². The van der Waals surface area contributed by atoms with Crippen LogP contribution < -0.4 is 5.32 Å². The highest BCUT2D eigenvalue weighted by Crippen LogP contribution is 2.37. The highest BCUT2D eigenvalue weighted by Gasteiger charge is 2.20. The maximum atomic E-state index is 3.46. The lowest BCUT2D eigenvalue weighted by molar-refractivity contribution is 0.419. The van der Waals surface area contributed by atoms with Crippen LogP contribution in [-0.4, -0.2) is 7.05 Å². The molecule has 1 saturated carbocycles. The van der Waals surface area contributed by atoms with Gasteiger partial charge >= 0.3 is 0 Å². The van der Waals surface area contributed by atoms with Crippen LogP contribution in [0.5, 0.6) is 0 Å². The Morgan fingerprint density at radius 1 is 1.15 bits per heavy atom. The van der Waals surface area contributed by atoms with Gasteiger partial charge in [-0.3, -0.25) is 0 Å². The number of aryl methyl sites for hydroxylation is 1. The number of thiophene rings is 1. The molecule has 1 N–H and O–H groups in total. The first-order valence-corrected chi connectivity index (χ1v) is 8.49. The van der Waals surface area contributed by atoms with Crippen molar-refractivity contribution in [3.63, 3.8) is 0 Å². The molecule has 1 aromatic heterocycles. The van der Waals surface area contributed by atoms with Gasteiger partial charge in [0.2, 0.25) is 0 Å². The van der Waals surface area contributed by atoms with Crippen molar-refractivity contribution < 1.29 is 0 Å². The molecule has 1 fully saturated rings. The molecule has 0 spiro atoms. The predicted octanol–water partition coefficient (Wildman–Crippen LogP) is 4.89. The fourth-order valence-electron chi connectivity index (χ4n) is 2.92. The Hall–Kier alpha value is -1.12. The molecular weight excluding hydrogens is 262 g/mol. The van der Waals surface area contributed by atoms with E-state index in [1.165, 1.54) is 40.1 Å². The maximum Gasteiger partial charge on any atom is 0.0668 e. The van der Waals surface area contributed by atoms with Gasteiger partial charge in [0, 0.05) is 9.75 Å². The summed E-state index contributed by atoms with van der Waals surface area (Å²) in [5.41, 5.74) is 2.90. The molecule has 1 nitrogen and oxygen atoms in total. The minimum absolute atomic E-state index is 0.329. The first-order chi connectivity index (χ1) is 9.81. The van der Waals surface area contributed by atoms with Crippen molar-refractivity contribution in [3.8, 4) is 0 Å². The number of benzene rings is 1. The Kier molecular flexibility index (Phi) is 4.23. The summed E-state index contributed by atoms with van der Waals surface area (Å²) in [6.07, 6.45) is 5.28. The summed E-state index contributed by atoms with van der Waals surface area (Å²) in [5.74, 6) is 0.825. The minimum atomic E-state index is 0.329. The van der Waals surface area contributed by atoms with Crippen LogP contribution in [0.25, 0.3) is 0 Å². The average molecular weight is 285 g/mol. The van der Waals surface area contributed by atoms with Crippen molar-refractivity contribution >= 4 is 11.3 Å². The first kappa shape index (κ1) is 13.8. The van der Waals surface area contributed by atoms with E-state index in [1.54, 1.807) is 0 Å². The van der Waals surface area contributed by atoms with Crippen LogP contribution in [-0.2, 0) is 6.42 Å². The Labute approximate surface area is 126 Å². The molecule has 2 aromatic rings. The Morgan fingerprint density at radius 2 is 1.90 bits per heavy atom. The van der Waals surface area contributed by atoms with E-state index < -0.39 is 0 Å². The van der Waals surface area contributed by atoms with E-state index in [1.807, 2.05) is 11.3 Å². The van der Waals surface area contributed by atoms with Crippen molar-refractivity contribution in [1.29, 1.82) is 0 Å². The van der Waals surface area contributed by atoms with Gasteiger partial charge in [-0.15, -0.1) is 11.3 Å². The van der Waals surface area contributed by atoms with Gasteiger partial charge in [0.1, 0.15) is 0 Å². The Morgan fingerprint density at radius 3 is 2.40 bits per heavy atom. The van der Waals surface area contributed by atoms with Crippen LogP contribution in [0.1, 0.15) is 59.0 Å². The van der Waals surface area contributed by atoms with E-state index in [4.69, 9.17) is 0 Å². The van der Waals surface area contributed by atoms with Crippen molar-refractivity contribution in [3.05, 3.63) is 57.3 Å². The summed E-state index contributed by atoms with van der Waals surface area (Å²) in [7, 11) is 2.05. The molecule has 2 heteroatoms. The van der Waals surface area contributed by atoms with Gasteiger partial charge in [0.15, 0.2) is 0 Å². The average Bonchev–Trinajstić information content (AvgIpc) is 2.88. The summed E-state index contributed by atoms with van der Waals surface area (Å²) in [6, 6.07) is 14.1. The zero-order chi connectivity index (χ0) is 13.9. The maximum absolute atomic E-state index is 3.46. The molecule has 0 bridgehead atoms. The molecule has 1 unspecified atom stereocenters. The third-order valence-electron chi connectivity index (χ3n) is 4.45.